The van der Waals surface area contributed by atoms with Gasteiger partial charge in [0.05, 0.1) is 12.2 Å². The number of para-hydroxylation sites is 1. The van der Waals surface area contributed by atoms with Gasteiger partial charge in [0.2, 0.25) is 5.91 Å². The summed E-state index contributed by atoms with van der Waals surface area (Å²) in [6.45, 7) is 3.33. The third kappa shape index (κ3) is 5.77. The van der Waals surface area contributed by atoms with Gasteiger partial charge in [0, 0.05) is 25.6 Å². The molecule has 1 aliphatic rings. The van der Waals surface area contributed by atoms with Crippen molar-refractivity contribution in [3.63, 3.8) is 0 Å². The molecule has 2 amide bonds. The number of amides is 2. The van der Waals surface area contributed by atoms with E-state index >= 15 is 0 Å². The van der Waals surface area contributed by atoms with Crippen molar-refractivity contribution in [3.8, 4) is 5.75 Å². The predicted molar refractivity (Wildman–Crippen MR) is 109 cm³/mol. The molecule has 2 aromatic carbocycles. The molecule has 0 aromatic heterocycles. The second-order valence-corrected chi connectivity index (χ2v) is 7.57. The maximum absolute atomic E-state index is 13.8. The molecule has 1 aliphatic heterocycles. The zero-order valence-electron chi connectivity index (χ0n) is 17.3. The van der Waals surface area contributed by atoms with Crippen LogP contribution in [0.2, 0.25) is 0 Å². The number of aryl methyl sites for hydroxylation is 1. The van der Waals surface area contributed by atoms with Gasteiger partial charge in [-0.15, -0.1) is 0 Å². The number of halogens is 3. The summed E-state index contributed by atoms with van der Waals surface area (Å²) in [5, 5.41) is 2.63. The third-order valence-electron chi connectivity index (χ3n) is 5.35. The van der Waals surface area contributed by atoms with Crippen molar-refractivity contribution in [3.05, 3.63) is 65.0 Å². The standard InChI is InChI=1S/C23H25F3N2O3/c1-15-5-2-3-6-19(15)31-14-4-7-20(29)28-12-10-16(11-13-28)27-23(30)17-8-9-18(24)22(26)21(17)25/h2-3,5-6,8-9,16H,4,7,10-14H2,1H3,(H,27,30). The highest BCUT2D eigenvalue weighted by atomic mass is 19.2. The van der Waals surface area contributed by atoms with Crippen molar-refractivity contribution < 1.29 is 27.5 Å². The van der Waals surface area contributed by atoms with Gasteiger partial charge in [0.25, 0.3) is 5.91 Å². The van der Waals surface area contributed by atoms with Crippen LogP contribution in [0.25, 0.3) is 0 Å². The zero-order chi connectivity index (χ0) is 22.4. The van der Waals surface area contributed by atoms with Gasteiger partial charge in [-0.3, -0.25) is 9.59 Å². The summed E-state index contributed by atoms with van der Waals surface area (Å²) in [5.74, 6) is -4.48. The second-order valence-electron chi connectivity index (χ2n) is 7.57. The Hall–Kier alpha value is -3.03. The van der Waals surface area contributed by atoms with Crippen LogP contribution in [0.3, 0.4) is 0 Å². The minimum absolute atomic E-state index is 0.0183. The number of nitrogens with zero attached hydrogens (tertiary/aromatic N) is 1. The molecular weight excluding hydrogens is 409 g/mol. The molecule has 3 rings (SSSR count). The molecule has 31 heavy (non-hydrogen) atoms. The Morgan fingerprint density at radius 3 is 2.48 bits per heavy atom. The molecule has 1 fully saturated rings. The van der Waals surface area contributed by atoms with Crippen LogP contribution in [0.4, 0.5) is 13.2 Å². The van der Waals surface area contributed by atoms with Crippen LogP contribution in [-0.2, 0) is 4.79 Å². The average Bonchev–Trinajstić information content (AvgIpc) is 2.76. The third-order valence-corrected chi connectivity index (χ3v) is 5.35. The fraction of sp³-hybridized carbons (Fsp3) is 0.391. The number of carbonyl (C=O) groups is 2. The van der Waals surface area contributed by atoms with E-state index in [2.05, 4.69) is 5.32 Å². The molecule has 0 atom stereocenters. The molecule has 1 N–H and O–H groups in total. The van der Waals surface area contributed by atoms with Crippen molar-refractivity contribution in [2.45, 2.75) is 38.6 Å². The first-order valence-corrected chi connectivity index (χ1v) is 10.3. The van der Waals surface area contributed by atoms with Gasteiger partial charge in [0.1, 0.15) is 5.75 Å². The lowest BCUT2D eigenvalue weighted by molar-refractivity contribution is -0.132. The topological polar surface area (TPSA) is 58.6 Å². The molecular formula is C23H25F3N2O3. The van der Waals surface area contributed by atoms with E-state index in [1.807, 2.05) is 31.2 Å². The van der Waals surface area contributed by atoms with E-state index in [1.165, 1.54) is 0 Å². The number of nitrogens with one attached hydrogen (secondary N) is 1. The summed E-state index contributed by atoms with van der Waals surface area (Å²) in [7, 11) is 0. The smallest absolute Gasteiger partial charge is 0.254 e. The highest BCUT2D eigenvalue weighted by Gasteiger charge is 2.26. The summed E-state index contributed by atoms with van der Waals surface area (Å²) in [4.78, 5) is 26.3. The van der Waals surface area contributed by atoms with Crippen molar-refractivity contribution in [2.75, 3.05) is 19.7 Å². The lowest BCUT2D eigenvalue weighted by atomic mass is 10.0. The molecule has 0 radical (unpaired) electrons. The minimum atomic E-state index is -1.67. The van der Waals surface area contributed by atoms with E-state index < -0.39 is 28.9 Å². The van der Waals surface area contributed by atoms with Gasteiger partial charge in [-0.2, -0.15) is 0 Å². The Balaban J connectivity index is 1.40. The Labute approximate surface area is 179 Å². The van der Waals surface area contributed by atoms with Crippen molar-refractivity contribution in [1.82, 2.24) is 10.2 Å². The Bertz CT molecular complexity index is 944. The van der Waals surface area contributed by atoms with Crippen LogP contribution in [0.1, 0.15) is 41.6 Å². The van der Waals surface area contributed by atoms with E-state index in [0.717, 1.165) is 23.4 Å². The molecule has 8 heteroatoms. The molecule has 0 spiro atoms. The summed E-state index contributed by atoms with van der Waals surface area (Å²) in [5.41, 5.74) is 0.507. The summed E-state index contributed by atoms with van der Waals surface area (Å²) >= 11 is 0. The van der Waals surface area contributed by atoms with Crippen LogP contribution in [0.5, 0.6) is 5.75 Å². The number of carbonyl (C=O) groups excluding carboxylic acids is 2. The molecule has 0 unspecified atom stereocenters. The molecule has 166 valence electrons. The Morgan fingerprint density at radius 2 is 1.77 bits per heavy atom. The first-order valence-electron chi connectivity index (χ1n) is 10.3. The Morgan fingerprint density at radius 1 is 1.06 bits per heavy atom. The fourth-order valence-electron chi connectivity index (χ4n) is 3.52. The SMILES string of the molecule is Cc1ccccc1OCCCC(=O)N1CCC(NC(=O)c2ccc(F)c(F)c2F)CC1. The maximum atomic E-state index is 13.8. The number of piperidine rings is 1. The lowest BCUT2D eigenvalue weighted by Crippen LogP contribution is -2.46. The van der Waals surface area contributed by atoms with E-state index in [9.17, 15) is 22.8 Å². The summed E-state index contributed by atoms with van der Waals surface area (Å²) in [6.07, 6.45) is 1.97. The van der Waals surface area contributed by atoms with Crippen molar-refractivity contribution in [1.29, 1.82) is 0 Å². The summed E-state index contributed by atoms with van der Waals surface area (Å²) in [6, 6.07) is 9.06. The van der Waals surface area contributed by atoms with Crippen LogP contribution >= 0.6 is 0 Å². The number of hydrogen-bond acceptors (Lipinski definition) is 3. The monoisotopic (exact) mass is 434 g/mol. The first kappa shape index (κ1) is 22.7. The van der Waals surface area contributed by atoms with E-state index in [-0.39, 0.29) is 11.9 Å². The van der Waals surface area contributed by atoms with Crippen molar-refractivity contribution >= 4 is 11.8 Å². The number of ether oxygens (including phenoxy) is 1. The number of benzene rings is 2. The maximum Gasteiger partial charge on any atom is 0.254 e. The molecule has 1 saturated heterocycles. The number of likely N-dealkylation sites (tertiary alicyclic amines) is 1. The van der Waals surface area contributed by atoms with Crippen LogP contribution in [-0.4, -0.2) is 42.5 Å². The van der Waals surface area contributed by atoms with Crippen LogP contribution in [0, 0.1) is 24.4 Å². The second kappa shape index (κ2) is 10.3. The van der Waals surface area contributed by atoms with Gasteiger partial charge in [-0.1, -0.05) is 18.2 Å². The van der Waals surface area contributed by atoms with E-state index in [4.69, 9.17) is 4.74 Å². The fourth-order valence-corrected chi connectivity index (χ4v) is 3.52. The molecule has 5 nitrogen and oxygen atoms in total. The van der Waals surface area contributed by atoms with Gasteiger partial charge in [0.15, 0.2) is 17.5 Å². The Kier molecular flexibility index (Phi) is 7.55. The largest absolute Gasteiger partial charge is 0.493 e. The first-order chi connectivity index (χ1) is 14.9. The minimum Gasteiger partial charge on any atom is -0.493 e. The van der Waals surface area contributed by atoms with Crippen LogP contribution < -0.4 is 10.1 Å². The predicted octanol–water partition coefficient (Wildman–Crippen LogP) is 3.99. The number of rotatable bonds is 7. The van der Waals surface area contributed by atoms with Crippen LogP contribution in [0.15, 0.2) is 36.4 Å². The molecule has 1 heterocycles. The molecule has 0 bridgehead atoms. The molecule has 0 aliphatic carbocycles. The van der Waals surface area contributed by atoms with Gasteiger partial charge < -0.3 is 15.0 Å². The highest BCUT2D eigenvalue weighted by molar-refractivity contribution is 5.94. The van der Waals surface area contributed by atoms with Crippen molar-refractivity contribution in [2.24, 2.45) is 0 Å². The normalized spacial score (nSPS) is 14.4. The van der Waals surface area contributed by atoms with E-state index in [1.54, 1.807) is 4.90 Å². The molecule has 2 aromatic rings. The molecule has 0 saturated carbocycles. The zero-order valence-corrected chi connectivity index (χ0v) is 17.3. The lowest BCUT2D eigenvalue weighted by Gasteiger charge is -2.32. The highest BCUT2D eigenvalue weighted by Crippen LogP contribution is 2.18. The average molecular weight is 434 g/mol. The van der Waals surface area contributed by atoms with Gasteiger partial charge in [-0.25, -0.2) is 13.2 Å². The quantitative estimate of drug-likeness (QED) is 0.530. The number of hydrogen-bond donors (Lipinski definition) is 1. The van der Waals surface area contributed by atoms with Gasteiger partial charge >= 0.3 is 0 Å². The van der Waals surface area contributed by atoms with E-state index in [0.29, 0.717) is 45.4 Å². The van der Waals surface area contributed by atoms with Gasteiger partial charge in [-0.05, 0) is 49.9 Å². The summed E-state index contributed by atoms with van der Waals surface area (Å²) < 4.78 is 45.8.